The molecule has 0 N–H and O–H groups in total. The molecule has 7 rings (SSSR count). The van der Waals surface area contributed by atoms with Gasteiger partial charge < -0.3 is 9.47 Å². The Balaban J connectivity index is 1.58. The van der Waals surface area contributed by atoms with Crippen LogP contribution < -0.4 is 0 Å². The molecule has 5 aromatic rings. The van der Waals surface area contributed by atoms with E-state index in [4.69, 9.17) is 9.47 Å². The summed E-state index contributed by atoms with van der Waals surface area (Å²) in [4.78, 5) is 0. The zero-order valence-corrected chi connectivity index (χ0v) is 18.8. The van der Waals surface area contributed by atoms with Crippen LogP contribution in [0, 0.1) is 0 Å². The van der Waals surface area contributed by atoms with Crippen molar-refractivity contribution in [3.63, 3.8) is 0 Å². The predicted molar refractivity (Wildman–Crippen MR) is 137 cm³/mol. The quantitative estimate of drug-likeness (QED) is 0.270. The molecule has 0 amide bonds. The summed E-state index contributed by atoms with van der Waals surface area (Å²) in [6.45, 7) is 1.33. The smallest absolute Gasteiger partial charge is 0.145 e. The highest BCUT2D eigenvalue weighted by atomic mass is 16.6. The largest absolute Gasteiger partial charge is 0.371 e. The second-order valence-electron chi connectivity index (χ2n) is 9.11. The summed E-state index contributed by atoms with van der Waals surface area (Å²) in [5, 5.41) is 2.49. The number of benzene rings is 5. The first kappa shape index (κ1) is 19.7. The van der Waals surface area contributed by atoms with Crippen LogP contribution in [0.5, 0.6) is 0 Å². The maximum Gasteiger partial charge on any atom is 0.145 e. The first-order chi connectivity index (χ1) is 16.9. The first-order valence-corrected chi connectivity index (χ1v) is 11.9. The predicted octanol–water partition coefficient (Wildman–Crippen LogP) is 7.19. The van der Waals surface area contributed by atoms with E-state index in [2.05, 4.69) is 115 Å². The van der Waals surface area contributed by atoms with E-state index in [0.717, 1.165) is 12.2 Å². The zero-order chi connectivity index (χ0) is 22.5. The van der Waals surface area contributed by atoms with Crippen LogP contribution in [0.4, 0.5) is 0 Å². The third-order valence-electron chi connectivity index (χ3n) is 7.16. The van der Waals surface area contributed by atoms with Gasteiger partial charge in [-0.25, -0.2) is 0 Å². The van der Waals surface area contributed by atoms with Gasteiger partial charge in [-0.2, -0.15) is 0 Å². The second-order valence-corrected chi connectivity index (χ2v) is 9.11. The normalized spacial score (nSPS) is 20.2. The van der Waals surface area contributed by atoms with E-state index in [1.165, 1.54) is 44.2 Å². The van der Waals surface area contributed by atoms with E-state index >= 15 is 0 Å². The van der Waals surface area contributed by atoms with Crippen molar-refractivity contribution in [3.05, 3.63) is 132 Å². The molecular formula is C32H24O2. The summed E-state index contributed by atoms with van der Waals surface area (Å²) in [6, 6.07) is 41.2. The number of rotatable bonds is 5. The van der Waals surface area contributed by atoms with Gasteiger partial charge in [-0.15, -0.1) is 0 Å². The van der Waals surface area contributed by atoms with Crippen LogP contribution in [0.25, 0.3) is 33.0 Å². The van der Waals surface area contributed by atoms with Crippen molar-refractivity contribution in [2.75, 3.05) is 13.2 Å². The third kappa shape index (κ3) is 2.89. The topological polar surface area (TPSA) is 21.8 Å². The Kier molecular flexibility index (Phi) is 4.45. The van der Waals surface area contributed by atoms with E-state index in [9.17, 15) is 0 Å². The maximum absolute atomic E-state index is 7.00. The van der Waals surface area contributed by atoms with Gasteiger partial charge in [0.1, 0.15) is 11.7 Å². The number of epoxide rings is 1. The number of hydrogen-bond acceptors (Lipinski definition) is 2. The molecule has 2 atom stereocenters. The Hall–Kier alpha value is -3.72. The van der Waals surface area contributed by atoms with Gasteiger partial charge >= 0.3 is 0 Å². The van der Waals surface area contributed by atoms with Crippen LogP contribution in [-0.2, 0) is 15.1 Å². The van der Waals surface area contributed by atoms with Gasteiger partial charge in [0.15, 0.2) is 0 Å². The Morgan fingerprint density at radius 1 is 0.647 bits per heavy atom. The molecule has 0 aromatic heterocycles. The summed E-state index contributed by atoms with van der Waals surface area (Å²) < 4.78 is 12.6. The van der Waals surface area contributed by atoms with E-state index in [1.54, 1.807) is 0 Å². The van der Waals surface area contributed by atoms with Crippen molar-refractivity contribution in [2.24, 2.45) is 0 Å². The lowest BCUT2D eigenvalue weighted by Crippen LogP contribution is -2.32. The molecule has 164 valence electrons. The van der Waals surface area contributed by atoms with Crippen LogP contribution in [0.3, 0.4) is 0 Å². The molecule has 5 aromatic carbocycles. The first-order valence-electron chi connectivity index (χ1n) is 11.9. The lowest BCUT2D eigenvalue weighted by atomic mass is 9.80. The summed E-state index contributed by atoms with van der Waals surface area (Å²) in [7, 11) is 0. The molecule has 2 nitrogen and oxygen atoms in total. The molecule has 1 fully saturated rings. The highest BCUT2D eigenvalue weighted by Gasteiger charge is 2.48. The van der Waals surface area contributed by atoms with E-state index in [1.807, 2.05) is 0 Å². The van der Waals surface area contributed by atoms with Crippen molar-refractivity contribution < 1.29 is 9.47 Å². The maximum atomic E-state index is 7.00. The highest BCUT2D eigenvalue weighted by Crippen LogP contribution is 2.56. The Labute approximate surface area is 199 Å². The van der Waals surface area contributed by atoms with Crippen molar-refractivity contribution in [2.45, 2.75) is 11.7 Å². The van der Waals surface area contributed by atoms with Crippen molar-refractivity contribution in [1.82, 2.24) is 0 Å². The number of fused-ring (bicyclic) bond motifs is 4. The average Bonchev–Trinajstić information content (AvgIpc) is 3.70. The second kappa shape index (κ2) is 7.66. The Bertz CT molecular complexity index is 1510. The van der Waals surface area contributed by atoms with Gasteiger partial charge in [-0.3, -0.25) is 0 Å². The molecule has 0 spiro atoms. The summed E-state index contributed by atoms with van der Waals surface area (Å²) in [6.07, 6.45) is 0.168. The highest BCUT2D eigenvalue weighted by molar-refractivity contribution is 6.00. The SMILES string of the molecule is c1ccc(C2(OCC3CO3)c3ccccc3-c3cccc(-c4cccc5ccccc45)c32)cc1. The minimum Gasteiger partial charge on any atom is -0.371 e. The molecule has 1 saturated heterocycles. The molecule has 2 aliphatic rings. The third-order valence-corrected chi connectivity index (χ3v) is 7.16. The van der Waals surface area contributed by atoms with Gasteiger partial charge in [0.2, 0.25) is 0 Å². The fourth-order valence-corrected chi connectivity index (χ4v) is 5.59. The number of ether oxygens (including phenoxy) is 2. The number of hydrogen-bond donors (Lipinski definition) is 0. The fraction of sp³-hybridized carbons (Fsp3) is 0.125. The van der Waals surface area contributed by atoms with Crippen LogP contribution in [0.2, 0.25) is 0 Å². The molecule has 0 radical (unpaired) electrons. The Morgan fingerprint density at radius 3 is 2.12 bits per heavy atom. The molecule has 34 heavy (non-hydrogen) atoms. The van der Waals surface area contributed by atoms with Gasteiger partial charge in [-0.1, -0.05) is 115 Å². The monoisotopic (exact) mass is 440 g/mol. The van der Waals surface area contributed by atoms with Gasteiger partial charge in [-0.05, 0) is 38.6 Å². The van der Waals surface area contributed by atoms with Crippen molar-refractivity contribution >= 4 is 10.8 Å². The van der Waals surface area contributed by atoms with Crippen LogP contribution >= 0.6 is 0 Å². The summed E-state index contributed by atoms with van der Waals surface area (Å²) in [5.74, 6) is 0. The molecule has 1 aliphatic heterocycles. The van der Waals surface area contributed by atoms with Gasteiger partial charge in [0, 0.05) is 11.1 Å². The minimum atomic E-state index is -0.702. The fourth-order valence-electron chi connectivity index (χ4n) is 5.59. The summed E-state index contributed by atoms with van der Waals surface area (Å²) in [5.41, 5.74) is 7.78. The lowest BCUT2D eigenvalue weighted by Gasteiger charge is -2.34. The zero-order valence-electron chi connectivity index (χ0n) is 18.8. The van der Waals surface area contributed by atoms with Gasteiger partial charge in [0.25, 0.3) is 0 Å². The standard InChI is InChI=1S/C32H24O2/c1-2-12-23(13-3-1)32(34-21-24-20-33-24)30-19-7-6-15-27(30)29-18-9-17-28(31(29)32)26-16-8-11-22-10-4-5-14-25(22)26/h1-19,24H,20-21H2. The molecule has 2 unspecified atom stereocenters. The molecule has 0 bridgehead atoms. The van der Waals surface area contributed by atoms with E-state index in [0.29, 0.717) is 6.61 Å². The van der Waals surface area contributed by atoms with Crippen molar-refractivity contribution in [3.8, 4) is 22.3 Å². The lowest BCUT2D eigenvalue weighted by molar-refractivity contribution is 0.00776. The van der Waals surface area contributed by atoms with E-state index in [-0.39, 0.29) is 6.10 Å². The molecular weight excluding hydrogens is 416 g/mol. The van der Waals surface area contributed by atoms with Crippen LogP contribution in [-0.4, -0.2) is 19.3 Å². The minimum absolute atomic E-state index is 0.168. The molecule has 0 saturated carbocycles. The Morgan fingerprint density at radius 2 is 1.26 bits per heavy atom. The van der Waals surface area contributed by atoms with Gasteiger partial charge in [0.05, 0.1) is 13.2 Å². The van der Waals surface area contributed by atoms with Crippen LogP contribution in [0.15, 0.2) is 115 Å². The summed E-state index contributed by atoms with van der Waals surface area (Å²) >= 11 is 0. The average molecular weight is 441 g/mol. The molecule has 2 heteroatoms. The van der Waals surface area contributed by atoms with Crippen LogP contribution in [0.1, 0.15) is 16.7 Å². The van der Waals surface area contributed by atoms with E-state index < -0.39 is 5.60 Å². The molecule has 1 aliphatic carbocycles. The molecule has 1 heterocycles. The van der Waals surface area contributed by atoms with Crippen molar-refractivity contribution in [1.29, 1.82) is 0 Å².